The molecule has 3 aliphatic heterocycles. The predicted molar refractivity (Wildman–Crippen MR) is 30.6 cm³/mol. The van der Waals surface area contributed by atoms with Crippen molar-refractivity contribution in [1.82, 2.24) is 0 Å². The van der Waals surface area contributed by atoms with Gasteiger partial charge in [0.25, 0.3) is 0 Å². The van der Waals surface area contributed by atoms with Gasteiger partial charge in [0.05, 0.1) is 12.2 Å². The second-order valence-corrected chi connectivity index (χ2v) is 3.58. The van der Waals surface area contributed by atoms with Gasteiger partial charge in [0, 0.05) is 6.42 Å². The van der Waals surface area contributed by atoms with Crippen LogP contribution in [0.1, 0.15) is 6.42 Å². The van der Waals surface area contributed by atoms with Crippen LogP contribution in [0.2, 0.25) is 0 Å². The van der Waals surface area contributed by atoms with Gasteiger partial charge >= 0.3 is 0 Å². The van der Waals surface area contributed by atoms with E-state index in [2.05, 4.69) is 0 Å². The molecule has 0 amide bonds. The largest absolute Gasteiger partial charge is 0.367 e. The highest BCUT2D eigenvalue weighted by molar-refractivity contribution is 5.16. The van der Waals surface area contributed by atoms with Gasteiger partial charge in [0.15, 0.2) is 0 Å². The van der Waals surface area contributed by atoms with Crippen LogP contribution in [0.15, 0.2) is 0 Å². The van der Waals surface area contributed by atoms with Crippen LogP contribution in [0.5, 0.6) is 0 Å². The third-order valence-electron chi connectivity index (χ3n) is 2.92. The van der Waals surface area contributed by atoms with E-state index in [-0.39, 0.29) is 0 Å². The van der Waals surface area contributed by atoms with Gasteiger partial charge in [0.2, 0.25) is 0 Å². The fourth-order valence-corrected chi connectivity index (χ4v) is 2.16. The number of fused-ring (bicyclic) bond motifs is 5. The van der Waals surface area contributed by atoms with Gasteiger partial charge in [-0.05, 0) is 0 Å². The van der Waals surface area contributed by atoms with Crippen molar-refractivity contribution >= 4 is 0 Å². The number of hydrogen-bond donors (Lipinski definition) is 0. The van der Waals surface area contributed by atoms with Gasteiger partial charge in [-0.2, -0.15) is 0 Å². The summed E-state index contributed by atoms with van der Waals surface area (Å²) in [4.78, 5) is 0. The Balaban J connectivity index is 1.72. The summed E-state index contributed by atoms with van der Waals surface area (Å²) in [6.07, 6.45) is 3.78. The Hall–Kier alpha value is -0.120. The molecule has 4 rings (SSSR count). The lowest BCUT2D eigenvalue weighted by atomic mass is 10.2. The zero-order chi connectivity index (χ0) is 6.29. The molecule has 1 saturated carbocycles. The molecule has 0 spiro atoms. The highest BCUT2D eigenvalue weighted by atomic mass is 16.7. The van der Waals surface area contributed by atoms with E-state index < -0.39 is 0 Å². The van der Waals surface area contributed by atoms with Crippen LogP contribution in [0.4, 0.5) is 0 Å². The monoisotopic (exact) mass is 140 g/mol. The summed E-state index contributed by atoms with van der Waals surface area (Å²) >= 11 is 0. The van der Waals surface area contributed by atoms with E-state index in [1.807, 2.05) is 0 Å². The van der Waals surface area contributed by atoms with Crippen LogP contribution in [0, 0.1) is 0 Å². The molecule has 3 heteroatoms. The van der Waals surface area contributed by atoms with Crippen LogP contribution in [0.3, 0.4) is 0 Å². The van der Waals surface area contributed by atoms with Crippen molar-refractivity contribution in [2.24, 2.45) is 0 Å². The third-order valence-corrected chi connectivity index (χ3v) is 2.92. The number of ether oxygens (including phenoxy) is 3. The fraction of sp³-hybridized carbons (Fsp3) is 1.00. The summed E-state index contributed by atoms with van der Waals surface area (Å²) in [7, 11) is 0. The maximum Gasteiger partial charge on any atom is 0.116 e. The van der Waals surface area contributed by atoms with Crippen LogP contribution in [-0.4, -0.2) is 36.6 Å². The standard InChI is InChI=1S/C7H8O3/c1-2-4(8-2)6-7(10-6)5-3(1)9-5/h2-7H,1H2/t2-,3-,4-,5-,6-,7+/m0/s1. The van der Waals surface area contributed by atoms with Crippen molar-refractivity contribution in [1.29, 1.82) is 0 Å². The maximum absolute atomic E-state index is 5.42. The average Bonchev–Trinajstić information content (AvgIpc) is 2.62. The minimum Gasteiger partial charge on any atom is -0.367 e. The molecule has 0 aromatic carbocycles. The molecule has 3 nitrogen and oxygen atoms in total. The van der Waals surface area contributed by atoms with E-state index in [1.54, 1.807) is 0 Å². The van der Waals surface area contributed by atoms with E-state index in [4.69, 9.17) is 14.2 Å². The van der Waals surface area contributed by atoms with Crippen molar-refractivity contribution in [3.8, 4) is 0 Å². The SMILES string of the molecule is C1[C@@H]2O[C@@H]2[C@@H]2O[C@@H]2[C@H]2O[C@@H]12. The van der Waals surface area contributed by atoms with E-state index >= 15 is 0 Å². The lowest BCUT2D eigenvalue weighted by molar-refractivity contribution is 0.279. The normalized spacial score (nSPS) is 74.4. The molecule has 0 aromatic heterocycles. The molecular formula is C7H8O3. The van der Waals surface area contributed by atoms with Gasteiger partial charge < -0.3 is 14.2 Å². The van der Waals surface area contributed by atoms with Crippen LogP contribution in [0.25, 0.3) is 0 Å². The minimum atomic E-state index is 0.405. The van der Waals surface area contributed by atoms with Gasteiger partial charge in [-0.3, -0.25) is 0 Å². The van der Waals surface area contributed by atoms with E-state index in [0.29, 0.717) is 36.6 Å². The van der Waals surface area contributed by atoms with Crippen molar-refractivity contribution in [3.63, 3.8) is 0 Å². The Kier molecular flexibility index (Phi) is 0.541. The highest BCUT2D eigenvalue weighted by Crippen LogP contribution is 2.52. The van der Waals surface area contributed by atoms with E-state index in [1.165, 1.54) is 0 Å². The summed E-state index contributed by atoms with van der Waals surface area (Å²) < 4.78 is 16.2. The van der Waals surface area contributed by atoms with Crippen LogP contribution >= 0.6 is 0 Å². The molecule has 3 heterocycles. The molecule has 4 fully saturated rings. The molecule has 3 saturated heterocycles. The van der Waals surface area contributed by atoms with Gasteiger partial charge in [0.1, 0.15) is 24.4 Å². The quantitative estimate of drug-likeness (QED) is 0.433. The lowest BCUT2D eigenvalue weighted by Gasteiger charge is -1.84. The number of rotatable bonds is 0. The van der Waals surface area contributed by atoms with Crippen LogP contribution in [-0.2, 0) is 14.2 Å². The molecular weight excluding hydrogens is 132 g/mol. The topological polar surface area (TPSA) is 37.6 Å². The first-order chi connectivity index (χ1) is 4.93. The first kappa shape index (κ1) is 4.70. The average molecular weight is 140 g/mol. The number of hydrogen-bond acceptors (Lipinski definition) is 3. The molecule has 0 radical (unpaired) electrons. The molecule has 54 valence electrons. The zero-order valence-corrected chi connectivity index (χ0v) is 5.40. The maximum atomic E-state index is 5.42. The molecule has 0 bridgehead atoms. The Morgan fingerprint density at radius 1 is 0.700 bits per heavy atom. The molecule has 1 aliphatic carbocycles. The first-order valence-electron chi connectivity index (χ1n) is 3.90. The summed E-state index contributed by atoms with van der Waals surface area (Å²) in [5.41, 5.74) is 0. The second kappa shape index (κ2) is 1.15. The fourth-order valence-electron chi connectivity index (χ4n) is 2.16. The van der Waals surface area contributed by atoms with Crippen LogP contribution < -0.4 is 0 Å². The van der Waals surface area contributed by atoms with Crippen molar-refractivity contribution in [2.75, 3.05) is 0 Å². The predicted octanol–water partition coefficient (Wildman–Crippen LogP) is -0.308. The summed E-state index contributed by atoms with van der Waals surface area (Å²) in [5, 5.41) is 0. The van der Waals surface area contributed by atoms with E-state index in [9.17, 15) is 0 Å². The Labute approximate surface area is 58.2 Å². The third kappa shape index (κ3) is 0.418. The second-order valence-electron chi connectivity index (χ2n) is 3.58. The van der Waals surface area contributed by atoms with Crippen molar-refractivity contribution in [3.05, 3.63) is 0 Å². The molecule has 0 N–H and O–H groups in total. The van der Waals surface area contributed by atoms with Gasteiger partial charge in [-0.15, -0.1) is 0 Å². The Bertz CT molecular complexity index is 185. The molecule has 0 unspecified atom stereocenters. The Morgan fingerprint density at radius 2 is 1.30 bits per heavy atom. The summed E-state index contributed by atoms with van der Waals surface area (Å²) in [5.74, 6) is 0. The van der Waals surface area contributed by atoms with Gasteiger partial charge in [-0.1, -0.05) is 0 Å². The molecule has 0 aromatic rings. The van der Waals surface area contributed by atoms with E-state index in [0.717, 1.165) is 6.42 Å². The Morgan fingerprint density at radius 3 is 1.90 bits per heavy atom. The highest BCUT2D eigenvalue weighted by Gasteiger charge is 2.69. The number of epoxide rings is 3. The van der Waals surface area contributed by atoms with Gasteiger partial charge in [-0.25, -0.2) is 0 Å². The molecule has 6 atom stereocenters. The first-order valence-corrected chi connectivity index (χ1v) is 3.90. The van der Waals surface area contributed by atoms with Crippen molar-refractivity contribution in [2.45, 2.75) is 43.0 Å². The minimum absolute atomic E-state index is 0.405. The zero-order valence-electron chi connectivity index (χ0n) is 5.40. The summed E-state index contributed by atoms with van der Waals surface area (Å²) in [6.45, 7) is 0. The summed E-state index contributed by atoms with van der Waals surface area (Å²) in [6, 6.07) is 0. The molecule has 4 aliphatic rings. The smallest absolute Gasteiger partial charge is 0.116 e. The molecule has 10 heavy (non-hydrogen) atoms. The van der Waals surface area contributed by atoms with Crippen molar-refractivity contribution < 1.29 is 14.2 Å². The lowest BCUT2D eigenvalue weighted by Crippen LogP contribution is -2.06.